The molecule has 1 heterocycles. The van der Waals surface area contributed by atoms with Gasteiger partial charge in [0.1, 0.15) is 5.76 Å². The minimum Gasteiger partial charge on any atom is -0.361 e. The van der Waals surface area contributed by atoms with E-state index in [1.54, 1.807) is 0 Å². The molecule has 0 saturated carbocycles. The molecule has 1 N–H and O–H groups in total. The minimum absolute atomic E-state index is 0.000637. The van der Waals surface area contributed by atoms with Crippen molar-refractivity contribution in [3.63, 3.8) is 0 Å². The normalized spacial score (nSPS) is 12.4. The van der Waals surface area contributed by atoms with Crippen LogP contribution in [0.15, 0.2) is 34.9 Å². The first kappa shape index (κ1) is 17.2. The highest BCUT2D eigenvalue weighted by Crippen LogP contribution is 2.12. The SMILES string of the molecule is Cc1noc(C)c1CC(=O)NCC(Cc1ccccc1)N(C)C. The zero-order valence-electron chi connectivity index (χ0n) is 14.3. The standard InChI is InChI=1S/C18H25N3O2/c1-13-17(14(2)23-20-13)11-18(22)19-12-16(21(3)4)10-15-8-6-5-7-9-15/h5-9,16H,10-12H2,1-4H3,(H,19,22). The van der Waals surface area contributed by atoms with E-state index in [2.05, 4.69) is 27.5 Å². The van der Waals surface area contributed by atoms with Crippen molar-refractivity contribution in [1.29, 1.82) is 0 Å². The molecular weight excluding hydrogens is 290 g/mol. The van der Waals surface area contributed by atoms with E-state index >= 15 is 0 Å². The summed E-state index contributed by atoms with van der Waals surface area (Å²) in [5.41, 5.74) is 2.93. The number of amides is 1. The fourth-order valence-corrected chi connectivity index (χ4v) is 2.53. The van der Waals surface area contributed by atoms with E-state index in [1.807, 2.05) is 46.1 Å². The van der Waals surface area contributed by atoms with E-state index in [1.165, 1.54) is 5.56 Å². The zero-order valence-corrected chi connectivity index (χ0v) is 14.3. The van der Waals surface area contributed by atoms with Gasteiger partial charge >= 0.3 is 0 Å². The summed E-state index contributed by atoms with van der Waals surface area (Å²) in [5.74, 6) is 0.713. The van der Waals surface area contributed by atoms with Crippen LogP contribution >= 0.6 is 0 Å². The Kier molecular flexibility index (Phi) is 5.93. The number of carbonyl (C=O) groups excluding carboxylic acids is 1. The maximum atomic E-state index is 12.2. The highest BCUT2D eigenvalue weighted by atomic mass is 16.5. The summed E-state index contributed by atoms with van der Waals surface area (Å²) < 4.78 is 5.10. The molecule has 0 aliphatic carbocycles. The minimum atomic E-state index is -0.000637. The van der Waals surface area contributed by atoms with Crippen molar-refractivity contribution in [1.82, 2.24) is 15.4 Å². The molecule has 0 saturated heterocycles. The molecule has 2 aromatic rings. The van der Waals surface area contributed by atoms with E-state index < -0.39 is 0 Å². The first-order valence-corrected chi connectivity index (χ1v) is 7.86. The fourth-order valence-electron chi connectivity index (χ4n) is 2.53. The summed E-state index contributed by atoms with van der Waals surface area (Å²) in [6, 6.07) is 10.6. The van der Waals surface area contributed by atoms with Gasteiger partial charge in [0.25, 0.3) is 0 Å². The van der Waals surface area contributed by atoms with Gasteiger partial charge in [0.15, 0.2) is 0 Å². The Morgan fingerprint density at radius 1 is 1.26 bits per heavy atom. The van der Waals surface area contributed by atoms with Crippen molar-refractivity contribution in [2.45, 2.75) is 32.7 Å². The van der Waals surface area contributed by atoms with Gasteiger partial charge in [-0.15, -0.1) is 0 Å². The molecule has 0 aliphatic rings. The van der Waals surface area contributed by atoms with Crippen molar-refractivity contribution in [3.05, 3.63) is 52.9 Å². The molecule has 5 nitrogen and oxygen atoms in total. The van der Waals surface area contributed by atoms with Crippen molar-refractivity contribution in [2.24, 2.45) is 0 Å². The van der Waals surface area contributed by atoms with Crippen LogP contribution in [0.2, 0.25) is 0 Å². The van der Waals surface area contributed by atoms with Crippen LogP contribution in [0, 0.1) is 13.8 Å². The quantitative estimate of drug-likeness (QED) is 0.850. The summed E-state index contributed by atoms with van der Waals surface area (Å²) in [6.45, 7) is 4.31. The number of nitrogens with one attached hydrogen (secondary N) is 1. The Morgan fingerprint density at radius 2 is 1.96 bits per heavy atom. The van der Waals surface area contributed by atoms with Crippen LogP contribution in [0.4, 0.5) is 0 Å². The number of likely N-dealkylation sites (N-methyl/N-ethyl adjacent to an activating group) is 1. The summed E-state index contributed by atoms with van der Waals surface area (Å²) in [6.07, 6.45) is 1.21. The third-order valence-electron chi connectivity index (χ3n) is 4.10. The molecule has 124 valence electrons. The average Bonchev–Trinajstić information content (AvgIpc) is 2.84. The maximum absolute atomic E-state index is 12.2. The summed E-state index contributed by atoms with van der Waals surface area (Å²) >= 11 is 0. The lowest BCUT2D eigenvalue weighted by atomic mass is 10.0. The third kappa shape index (κ3) is 4.93. The molecule has 0 radical (unpaired) electrons. The van der Waals surface area contributed by atoms with Crippen molar-refractivity contribution in [3.8, 4) is 0 Å². The van der Waals surface area contributed by atoms with Crippen molar-refractivity contribution < 1.29 is 9.32 Å². The molecule has 0 spiro atoms. The van der Waals surface area contributed by atoms with Crippen LogP contribution in [0.25, 0.3) is 0 Å². The Hall–Kier alpha value is -2.14. The van der Waals surface area contributed by atoms with Gasteiger partial charge in [-0.3, -0.25) is 4.79 Å². The Morgan fingerprint density at radius 3 is 2.52 bits per heavy atom. The molecule has 1 aromatic carbocycles. The van der Waals surface area contributed by atoms with Gasteiger partial charge in [-0.2, -0.15) is 0 Å². The highest BCUT2D eigenvalue weighted by Gasteiger charge is 2.16. The molecular formula is C18H25N3O2. The molecule has 1 unspecified atom stereocenters. The number of carbonyl (C=O) groups is 1. The first-order chi connectivity index (χ1) is 11.0. The molecule has 1 aromatic heterocycles. The van der Waals surface area contributed by atoms with Gasteiger partial charge in [0.05, 0.1) is 12.1 Å². The lowest BCUT2D eigenvalue weighted by Gasteiger charge is -2.24. The number of nitrogens with zero attached hydrogens (tertiary/aromatic N) is 2. The lowest BCUT2D eigenvalue weighted by Crippen LogP contribution is -2.42. The van der Waals surface area contributed by atoms with Crippen molar-refractivity contribution in [2.75, 3.05) is 20.6 Å². The summed E-state index contributed by atoms with van der Waals surface area (Å²) in [4.78, 5) is 14.3. The summed E-state index contributed by atoms with van der Waals surface area (Å²) in [7, 11) is 4.07. The molecule has 1 atom stereocenters. The van der Waals surface area contributed by atoms with Crippen LogP contribution in [0.1, 0.15) is 22.6 Å². The number of hydrogen-bond acceptors (Lipinski definition) is 4. The first-order valence-electron chi connectivity index (χ1n) is 7.86. The largest absolute Gasteiger partial charge is 0.361 e. The van der Waals surface area contributed by atoms with Gasteiger partial charge in [0.2, 0.25) is 5.91 Å². The monoisotopic (exact) mass is 315 g/mol. The number of aryl methyl sites for hydroxylation is 2. The molecule has 23 heavy (non-hydrogen) atoms. The van der Waals surface area contributed by atoms with Gasteiger partial charge in [-0.1, -0.05) is 35.5 Å². The third-order valence-corrected chi connectivity index (χ3v) is 4.10. The molecule has 0 fully saturated rings. The molecule has 0 bridgehead atoms. The van der Waals surface area contributed by atoms with E-state index in [4.69, 9.17) is 4.52 Å². The van der Waals surface area contributed by atoms with Gasteiger partial charge in [0, 0.05) is 18.2 Å². The van der Waals surface area contributed by atoms with Crippen LogP contribution in [-0.4, -0.2) is 42.6 Å². The molecule has 1 amide bonds. The summed E-state index contributed by atoms with van der Waals surface area (Å²) in [5, 5.41) is 6.91. The second kappa shape index (κ2) is 7.92. The number of aromatic nitrogens is 1. The van der Waals surface area contributed by atoms with Crippen LogP contribution in [0.5, 0.6) is 0 Å². The van der Waals surface area contributed by atoms with Gasteiger partial charge in [-0.05, 0) is 39.9 Å². The van der Waals surface area contributed by atoms with Gasteiger partial charge < -0.3 is 14.7 Å². The predicted octanol–water partition coefficient (Wildman–Crippen LogP) is 2.12. The fraction of sp³-hybridized carbons (Fsp3) is 0.444. The second-order valence-corrected chi connectivity index (χ2v) is 6.09. The number of benzene rings is 1. The Labute approximate surface area is 137 Å². The topological polar surface area (TPSA) is 58.4 Å². The van der Waals surface area contributed by atoms with Gasteiger partial charge in [-0.25, -0.2) is 0 Å². The number of rotatable bonds is 7. The highest BCUT2D eigenvalue weighted by molar-refractivity contribution is 5.79. The van der Waals surface area contributed by atoms with Crippen LogP contribution in [0.3, 0.4) is 0 Å². The van der Waals surface area contributed by atoms with E-state index in [9.17, 15) is 4.79 Å². The molecule has 2 rings (SSSR count). The van der Waals surface area contributed by atoms with E-state index in [-0.39, 0.29) is 11.9 Å². The van der Waals surface area contributed by atoms with E-state index in [0.717, 1.165) is 17.7 Å². The maximum Gasteiger partial charge on any atom is 0.224 e. The lowest BCUT2D eigenvalue weighted by molar-refractivity contribution is -0.120. The van der Waals surface area contributed by atoms with Crippen LogP contribution in [-0.2, 0) is 17.6 Å². The Bertz CT molecular complexity index is 615. The second-order valence-electron chi connectivity index (χ2n) is 6.09. The smallest absolute Gasteiger partial charge is 0.224 e. The zero-order chi connectivity index (χ0) is 16.8. The molecule has 0 aliphatic heterocycles. The predicted molar refractivity (Wildman–Crippen MR) is 90.3 cm³/mol. The number of hydrogen-bond donors (Lipinski definition) is 1. The average molecular weight is 315 g/mol. The van der Waals surface area contributed by atoms with Crippen molar-refractivity contribution >= 4 is 5.91 Å². The van der Waals surface area contributed by atoms with Crippen LogP contribution < -0.4 is 5.32 Å². The molecule has 5 heteroatoms. The van der Waals surface area contributed by atoms with E-state index in [0.29, 0.717) is 18.7 Å². The Balaban J connectivity index is 1.90.